The van der Waals surface area contributed by atoms with Gasteiger partial charge >= 0.3 is 17.9 Å². The number of hydrogen-bond acceptors (Lipinski definition) is 6. The molecule has 0 spiro atoms. The third kappa shape index (κ3) is 59.5. The van der Waals surface area contributed by atoms with Gasteiger partial charge in [0.25, 0.3) is 0 Å². The molecule has 0 radical (unpaired) electrons. The standard InChI is InChI=1S/C68H118O6/c1-4-7-10-13-16-19-22-25-27-29-31-33-34-36-37-39-41-43-46-49-52-55-58-61-67(70)73-64-65(63-72-66(69)60-57-54-51-48-45-24-21-18-15-12-9-6-3)74-68(71)62-59-56-53-50-47-44-42-40-38-35-32-30-28-26-23-20-17-14-11-8-5-2/h7,10,16,19,25,27,31,33,36-37,41,43,49,52,65H,4-6,8-9,11-15,17-18,20-24,26,28-30,32,34-35,38-40,42,44-48,50-51,53-64H2,1-3H3/b10-7-,19-16-,27-25-,33-31-,37-36-,43-41-,52-49-. The molecule has 0 aromatic carbocycles. The molecule has 0 heterocycles. The molecule has 0 amide bonds. The van der Waals surface area contributed by atoms with Crippen molar-refractivity contribution in [3.63, 3.8) is 0 Å². The molecule has 6 heteroatoms. The van der Waals surface area contributed by atoms with Gasteiger partial charge in [-0.05, 0) is 70.6 Å². The molecule has 74 heavy (non-hydrogen) atoms. The quantitative estimate of drug-likeness (QED) is 0.0261. The molecule has 0 aromatic heterocycles. The van der Waals surface area contributed by atoms with Gasteiger partial charge in [-0.25, -0.2) is 0 Å². The number of rotatable bonds is 57. The highest BCUT2D eigenvalue weighted by Crippen LogP contribution is 2.17. The van der Waals surface area contributed by atoms with Gasteiger partial charge in [-0.2, -0.15) is 0 Å². The molecule has 0 fully saturated rings. The summed E-state index contributed by atoms with van der Waals surface area (Å²) in [6.45, 7) is 6.51. The fourth-order valence-electron chi connectivity index (χ4n) is 8.96. The maximum atomic E-state index is 12.9. The van der Waals surface area contributed by atoms with Crippen molar-refractivity contribution in [3.8, 4) is 0 Å². The Balaban J connectivity index is 4.39. The molecule has 0 bridgehead atoms. The van der Waals surface area contributed by atoms with Crippen LogP contribution in [-0.2, 0) is 28.6 Å². The summed E-state index contributed by atoms with van der Waals surface area (Å²) < 4.78 is 16.9. The molecular weight excluding hydrogens is 913 g/mol. The van der Waals surface area contributed by atoms with Crippen LogP contribution in [0.5, 0.6) is 0 Å². The summed E-state index contributed by atoms with van der Waals surface area (Å²) in [5.74, 6) is -0.939. The first-order valence-electron chi connectivity index (χ1n) is 31.6. The number of esters is 3. The van der Waals surface area contributed by atoms with Gasteiger partial charge in [0.1, 0.15) is 13.2 Å². The van der Waals surface area contributed by atoms with E-state index >= 15 is 0 Å². The molecule has 0 saturated heterocycles. The van der Waals surface area contributed by atoms with Gasteiger partial charge < -0.3 is 14.2 Å². The maximum Gasteiger partial charge on any atom is 0.306 e. The Kier molecular flexibility index (Phi) is 59.3. The van der Waals surface area contributed by atoms with Crippen molar-refractivity contribution in [3.05, 3.63) is 85.1 Å². The maximum absolute atomic E-state index is 12.9. The first kappa shape index (κ1) is 70.6. The van der Waals surface area contributed by atoms with Crippen molar-refractivity contribution in [1.29, 1.82) is 0 Å². The van der Waals surface area contributed by atoms with Gasteiger partial charge in [0.05, 0.1) is 0 Å². The minimum absolute atomic E-state index is 0.0905. The second-order valence-corrected chi connectivity index (χ2v) is 21.0. The third-order valence-corrected chi connectivity index (χ3v) is 13.7. The molecular formula is C68H118O6. The van der Waals surface area contributed by atoms with Crippen molar-refractivity contribution in [2.75, 3.05) is 13.2 Å². The highest BCUT2D eigenvalue weighted by atomic mass is 16.6. The molecule has 6 nitrogen and oxygen atoms in total. The Morgan fingerprint density at radius 3 is 0.824 bits per heavy atom. The fourth-order valence-corrected chi connectivity index (χ4v) is 8.96. The second kappa shape index (κ2) is 62.1. The first-order chi connectivity index (χ1) is 36.5. The van der Waals surface area contributed by atoms with E-state index in [2.05, 4.69) is 106 Å². The Hall–Kier alpha value is -3.41. The lowest BCUT2D eigenvalue weighted by Crippen LogP contribution is -2.30. The Bertz CT molecular complexity index is 1420. The summed E-state index contributed by atoms with van der Waals surface area (Å²) in [6, 6.07) is 0. The molecule has 0 saturated carbocycles. The van der Waals surface area contributed by atoms with E-state index < -0.39 is 6.10 Å². The van der Waals surface area contributed by atoms with Crippen molar-refractivity contribution in [1.82, 2.24) is 0 Å². The Morgan fingerprint density at radius 2 is 0.527 bits per heavy atom. The molecule has 0 aliphatic heterocycles. The van der Waals surface area contributed by atoms with Crippen molar-refractivity contribution < 1.29 is 28.6 Å². The van der Waals surface area contributed by atoms with Crippen molar-refractivity contribution in [2.45, 2.75) is 316 Å². The van der Waals surface area contributed by atoms with Gasteiger partial charge in [0.2, 0.25) is 0 Å². The van der Waals surface area contributed by atoms with Crippen LogP contribution < -0.4 is 0 Å². The van der Waals surface area contributed by atoms with Crippen LogP contribution in [0.1, 0.15) is 310 Å². The molecule has 426 valence electrons. The summed E-state index contributed by atoms with van der Waals surface area (Å²) in [4.78, 5) is 38.2. The number of carbonyl (C=O) groups excluding carboxylic acids is 3. The summed E-state index contributed by atoms with van der Waals surface area (Å²) in [5.41, 5.74) is 0. The molecule has 0 aromatic rings. The smallest absolute Gasteiger partial charge is 0.306 e. The SMILES string of the molecule is CC/C=C\C/C=C\C/C=C\C/C=C\C/C=C\C/C=C\C/C=C\CCCC(=O)OCC(COC(=O)CCCCCCCCCCCCCC)OC(=O)CCCCCCCCCCCCCCCCCCCCCCC. The van der Waals surface area contributed by atoms with Crippen LogP contribution in [0.4, 0.5) is 0 Å². The lowest BCUT2D eigenvalue weighted by molar-refractivity contribution is -0.167. The highest BCUT2D eigenvalue weighted by molar-refractivity contribution is 5.71. The van der Waals surface area contributed by atoms with Gasteiger partial charge in [-0.3, -0.25) is 14.4 Å². The van der Waals surface area contributed by atoms with E-state index in [0.29, 0.717) is 19.3 Å². The molecule has 1 atom stereocenters. The van der Waals surface area contributed by atoms with E-state index in [1.165, 1.54) is 173 Å². The number of unbranched alkanes of at least 4 members (excludes halogenated alkanes) is 32. The number of allylic oxidation sites excluding steroid dienone is 14. The number of ether oxygens (including phenoxy) is 3. The van der Waals surface area contributed by atoms with Gasteiger partial charge in [-0.1, -0.05) is 305 Å². The second-order valence-electron chi connectivity index (χ2n) is 21.0. The van der Waals surface area contributed by atoms with Crippen molar-refractivity contribution >= 4 is 17.9 Å². The number of carbonyl (C=O) groups is 3. The lowest BCUT2D eigenvalue weighted by atomic mass is 10.0. The number of hydrogen-bond donors (Lipinski definition) is 0. The topological polar surface area (TPSA) is 78.9 Å². The molecule has 1 unspecified atom stereocenters. The Morgan fingerprint density at radius 1 is 0.284 bits per heavy atom. The van der Waals surface area contributed by atoms with Crippen LogP contribution in [0, 0.1) is 0 Å². The minimum atomic E-state index is -0.798. The van der Waals surface area contributed by atoms with E-state index in [4.69, 9.17) is 14.2 Å². The summed E-state index contributed by atoms with van der Waals surface area (Å²) in [5, 5.41) is 0. The van der Waals surface area contributed by atoms with Crippen molar-refractivity contribution in [2.24, 2.45) is 0 Å². The molecule has 0 N–H and O–H groups in total. The van der Waals surface area contributed by atoms with Crippen LogP contribution in [0.25, 0.3) is 0 Å². The summed E-state index contributed by atoms with van der Waals surface area (Å²) in [7, 11) is 0. The van der Waals surface area contributed by atoms with Crippen LogP contribution >= 0.6 is 0 Å². The normalized spacial score (nSPS) is 12.6. The fraction of sp³-hybridized carbons (Fsp3) is 0.750. The predicted octanol–water partition coefficient (Wildman–Crippen LogP) is 21.5. The lowest BCUT2D eigenvalue weighted by Gasteiger charge is -2.18. The van der Waals surface area contributed by atoms with E-state index in [9.17, 15) is 14.4 Å². The van der Waals surface area contributed by atoms with Crippen LogP contribution in [0.3, 0.4) is 0 Å². The zero-order valence-corrected chi connectivity index (χ0v) is 48.8. The highest BCUT2D eigenvalue weighted by Gasteiger charge is 2.19. The molecule has 0 aliphatic rings. The van der Waals surface area contributed by atoms with E-state index in [1.807, 2.05) is 0 Å². The van der Waals surface area contributed by atoms with Gasteiger partial charge in [0.15, 0.2) is 6.10 Å². The van der Waals surface area contributed by atoms with Crippen LogP contribution in [0.2, 0.25) is 0 Å². The zero-order chi connectivity index (χ0) is 53.6. The monoisotopic (exact) mass is 1030 g/mol. The molecule has 0 rings (SSSR count). The Labute approximate surface area is 458 Å². The van der Waals surface area contributed by atoms with Gasteiger partial charge in [-0.15, -0.1) is 0 Å². The largest absolute Gasteiger partial charge is 0.462 e. The van der Waals surface area contributed by atoms with E-state index in [1.54, 1.807) is 0 Å². The summed E-state index contributed by atoms with van der Waals surface area (Å²) >= 11 is 0. The van der Waals surface area contributed by atoms with Crippen LogP contribution in [-0.4, -0.2) is 37.2 Å². The summed E-state index contributed by atoms with van der Waals surface area (Å²) in [6.07, 6.45) is 81.7. The molecule has 0 aliphatic carbocycles. The minimum Gasteiger partial charge on any atom is -0.462 e. The first-order valence-corrected chi connectivity index (χ1v) is 31.6. The van der Waals surface area contributed by atoms with E-state index in [0.717, 1.165) is 89.9 Å². The van der Waals surface area contributed by atoms with Crippen LogP contribution in [0.15, 0.2) is 85.1 Å². The average Bonchev–Trinajstić information content (AvgIpc) is 3.40. The third-order valence-electron chi connectivity index (χ3n) is 13.7. The average molecular weight is 1030 g/mol. The zero-order valence-electron chi connectivity index (χ0n) is 48.8. The predicted molar refractivity (Wildman–Crippen MR) is 321 cm³/mol. The van der Waals surface area contributed by atoms with E-state index in [-0.39, 0.29) is 37.5 Å². The van der Waals surface area contributed by atoms with Gasteiger partial charge in [0, 0.05) is 19.3 Å².